The van der Waals surface area contributed by atoms with E-state index in [0.717, 1.165) is 12.8 Å². The van der Waals surface area contributed by atoms with Crippen molar-refractivity contribution >= 4 is 11.9 Å². The van der Waals surface area contributed by atoms with Crippen LogP contribution in [0.4, 0.5) is 0 Å². The fourth-order valence-electron chi connectivity index (χ4n) is 3.89. The molecule has 174 valence electrons. The van der Waals surface area contributed by atoms with Crippen molar-refractivity contribution in [1.82, 2.24) is 20.2 Å². The second-order valence-corrected chi connectivity index (χ2v) is 9.17. The number of nitrogens with one attached hydrogen (secondary N) is 1. The number of oxazole rings is 2. The van der Waals surface area contributed by atoms with Gasteiger partial charge in [-0.2, -0.15) is 0 Å². The van der Waals surface area contributed by atoms with E-state index in [0.29, 0.717) is 23.9 Å². The Labute approximate surface area is 187 Å². The Morgan fingerprint density at radius 2 is 1.94 bits per heavy atom. The van der Waals surface area contributed by atoms with Crippen LogP contribution in [-0.4, -0.2) is 50.0 Å². The molecule has 0 saturated carbocycles. The molecule has 0 bridgehead atoms. The maximum absolute atomic E-state index is 13.5. The largest absolute Gasteiger partial charge is 0.476 e. The van der Waals surface area contributed by atoms with Crippen LogP contribution in [0.2, 0.25) is 0 Å². The van der Waals surface area contributed by atoms with E-state index in [1.165, 1.54) is 6.92 Å². The highest BCUT2D eigenvalue weighted by atomic mass is 16.4. The minimum absolute atomic E-state index is 0.00467. The number of likely N-dealkylation sites (tertiary alicyclic amines) is 1. The molecule has 0 spiro atoms. The molecule has 1 amide bonds. The van der Waals surface area contributed by atoms with Crippen LogP contribution in [-0.2, 0) is 4.79 Å². The van der Waals surface area contributed by atoms with Crippen molar-refractivity contribution in [2.24, 2.45) is 5.92 Å². The zero-order valence-electron chi connectivity index (χ0n) is 19.6. The lowest BCUT2D eigenvalue weighted by atomic mass is 9.97. The number of carbonyl (C=O) groups is 2. The van der Waals surface area contributed by atoms with Crippen molar-refractivity contribution in [2.45, 2.75) is 72.0 Å². The molecule has 1 aliphatic heterocycles. The summed E-state index contributed by atoms with van der Waals surface area (Å²) in [6.07, 6.45) is 3.36. The quantitative estimate of drug-likeness (QED) is 0.588. The SMILES string of the molecule is C=CC(C)(C)NC(C(=O)N1CCCC1c1nc(-c2nc(C(=O)O)c(C)o2)c(C)o1)C(C)C. The number of carboxylic acids is 1. The first-order valence-electron chi connectivity index (χ1n) is 10.9. The number of amides is 1. The van der Waals surface area contributed by atoms with Crippen LogP contribution in [0.1, 0.15) is 74.5 Å². The smallest absolute Gasteiger partial charge is 0.358 e. The number of hydrogen-bond acceptors (Lipinski definition) is 7. The first-order valence-corrected chi connectivity index (χ1v) is 10.9. The van der Waals surface area contributed by atoms with Crippen LogP contribution in [0.3, 0.4) is 0 Å². The second-order valence-electron chi connectivity index (χ2n) is 9.17. The van der Waals surface area contributed by atoms with Crippen LogP contribution < -0.4 is 5.32 Å². The third-order valence-corrected chi connectivity index (χ3v) is 5.81. The van der Waals surface area contributed by atoms with Crippen molar-refractivity contribution in [3.8, 4) is 11.6 Å². The Hall–Kier alpha value is -2.94. The van der Waals surface area contributed by atoms with Gasteiger partial charge >= 0.3 is 5.97 Å². The molecule has 3 heterocycles. The molecule has 3 rings (SSSR count). The van der Waals surface area contributed by atoms with Gasteiger partial charge in [-0.15, -0.1) is 6.58 Å². The Balaban J connectivity index is 1.89. The highest BCUT2D eigenvalue weighted by Gasteiger charge is 2.39. The van der Waals surface area contributed by atoms with Crippen LogP contribution in [0.5, 0.6) is 0 Å². The van der Waals surface area contributed by atoms with E-state index in [2.05, 4.69) is 21.9 Å². The van der Waals surface area contributed by atoms with E-state index < -0.39 is 11.5 Å². The van der Waals surface area contributed by atoms with Gasteiger partial charge in [-0.25, -0.2) is 14.8 Å². The van der Waals surface area contributed by atoms with E-state index in [-0.39, 0.29) is 41.3 Å². The van der Waals surface area contributed by atoms with E-state index >= 15 is 0 Å². The number of nitrogens with zero attached hydrogens (tertiary/aromatic N) is 3. The number of carbonyl (C=O) groups excluding carboxylic acids is 1. The van der Waals surface area contributed by atoms with Crippen LogP contribution in [0.15, 0.2) is 21.5 Å². The minimum atomic E-state index is -1.17. The van der Waals surface area contributed by atoms with Gasteiger partial charge in [0.25, 0.3) is 0 Å². The van der Waals surface area contributed by atoms with Crippen molar-refractivity contribution in [3.05, 3.63) is 35.8 Å². The molecule has 0 aliphatic carbocycles. The highest BCUT2D eigenvalue weighted by molar-refractivity contribution is 5.87. The predicted molar refractivity (Wildman–Crippen MR) is 118 cm³/mol. The van der Waals surface area contributed by atoms with Gasteiger partial charge in [-0.3, -0.25) is 10.1 Å². The van der Waals surface area contributed by atoms with E-state index in [9.17, 15) is 14.7 Å². The van der Waals surface area contributed by atoms with Gasteiger partial charge in [0.2, 0.25) is 17.7 Å². The van der Waals surface area contributed by atoms with Crippen LogP contribution >= 0.6 is 0 Å². The molecule has 1 aliphatic rings. The average Bonchev–Trinajstić information content (AvgIpc) is 3.43. The second kappa shape index (κ2) is 8.90. The molecule has 2 aromatic heterocycles. The molecular weight excluding hydrogens is 412 g/mol. The third kappa shape index (κ3) is 4.62. The molecular formula is C23H32N4O5. The summed E-state index contributed by atoms with van der Waals surface area (Å²) < 4.78 is 11.4. The third-order valence-electron chi connectivity index (χ3n) is 5.81. The molecule has 2 atom stereocenters. The minimum Gasteiger partial charge on any atom is -0.476 e. The summed E-state index contributed by atoms with van der Waals surface area (Å²) in [6.45, 7) is 15.7. The normalized spacial score (nSPS) is 17.7. The zero-order chi connectivity index (χ0) is 23.8. The summed E-state index contributed by atoms with van der Waals surface area (Å²) in [5.41, 5.74) is -0.199. The first-order chi connectivity index (χ1) is 14.9. The van der Waals surface area contributed by atoms with Crippen LogP contribution in [0, 0.1) is 19.8 Å². The number of rotatable bonds is 8. The van der Waals surface area contributed by atoms with Crippen molar-refractivity contribution < 1.29 is 23.5 Å². The molecule has 2 aromatic rings. The van der Waals surface area contributed by atoms with Gasteiger partial charge in [-0.05, 0) is 46.5 Å². The monoisotopic (exact) mass is 444 g/mol. The van der Waals surface area contributed by atoms with Crippen LogP contribution in [0.25, 0.3) is 11.6 Å². The Morgan fingerprint density at radius 3 is 2.50 bits per heavy atom. The molecule has 1 saturated heterocycles. The number of hydrogen-bond donors (Lipinski definition) is 2. The van der Waals surface area contributed by atoms with Crippen molar-refractivity contribution in [2.75, 3.05) is 6.54 Å². The lowest BCUT2D eigenvalue weighted by Crippen LogP contribution is -2.55. The molecule has 2 unspecified atom stereocenters. The Morgan fingerprint density at radius 1 is 1.25 bits per heavy atom. The summed E-state index contributed by atoms with van der Waals surface area (Å²) in [4.78, 5) is 35.2. The zero-order valence-corrected chi connectivity index (χ0v) is 19.6. The number of aryl methyl sites for hydroxylation is 2. The lowest BCUT2D eigenvalue weighted by molar-refractivity contribution is -0.136. The average molecular weight is 445 g/mol. The fourth-order valence-corrected chi connectivity index (χ4v) is 3.89. The van der Waals surface area contributed by atoms with Gasteiger partial charge in [0.15, 0.2) is 11.4 Å². The maximum atomic E-state index is 13.5. The Bertz CT molecular complexity index is 1020. The number of aromatic nitrogens is 2. The van der Waals surface area contributed by atoms with Crippen molar-refractivity contribution in [3.63, 3.8) is 0 Å². The molecule has 1 fully saturated rings. The Kier molecular flexibility index (Phi) is 6.59. The van der Waals surface area contributed by atoms with Crippen molar-refractivity contribution in [1.29, 1.82) is 0 Å². The van der Waals surface area contributed by atoms with Gasteiger partial charge < -0.3 is 18.8 Å². The van der Waals surface area contributed by atoms with Gasteiger partial charge in [0.1, 0.15) is 17.6 Å². The van der Waals surface area contributed by atoms with E-state index in [1.54, 1.807) is 13.0 Å². The van der Waals surface area contributed by atoms with Gasteiger partial charge in [-0.1, -0.05) is 19.9 Å². The maximum Gasteiger partial charge on any atom is 0.358 e. The molecule has 2 N–H and O–H groups in total. The predicted octanol–water partition coefficient (Wildman–Crippen LogP) is 3.89. The van der Waals surface area contributed by atoms with Gasteiger partial charge in [0, 0.05) is 12.1 Å². The lowest BCUT2D eigenvalue weighted by Gasteiger charge is -2.34. The van der Waals surface area contributed by atoms with Gasteiger partial charge in [0.05, 0.1) is 6.04 Å². The summed E-state index contributed by atoms with van der Waals surface area (Å²) >= 11 is 0. The number of aromatic carboxylic acids is 1. The number of carboxylic acid groups (broad SMARTS) is 1. The molecule has 0 radical (unpaired) electrons. The molecule has 0 aromatic carbocycles. The summed E-state index contributed by atoms with van der Waals surface area (Å²) in [7, 11) is 0. The molecule has 9 heteroatoms. The first kappa shape index (κ1) is 23.7. The van der Waals surface area contributed by atoms with E-state index in [4.69, 9.17) is 8.83 Å². The molecule has 9 nitrogen and oxygen atoms in total. The summed E-state index contributed by atoms with van der Waals surface area (Å²) in [5.74, 6) is 0.0681. The van der Waals surface area contributed by atoms with E-state index in [1.807, 2.05) is 32.6 Å². The summed E-state index contributed by atoms with van der Waals surface area (Å²) in [6, 6.07) is -0.688. The topological polar surface area (TPSA) is 122 Å². The standard InChI is InChI=1S/C23H32N4O5/c1-8-23(6,7)26-16(12(2)3)21(28)27-11-9-10-15(27)19-24-17(13(4)31-19)20-25-18(22(29)30)14(5)32-20/h8,12,15-16,26H,1,9-11H2,2-7H3,(H,29,30). The fraction of sp³-hybridized carbons (Fsp3) is 0.565. The highest BCUT2D eigenvalue weighted by Crippen LogP contribution is 2.36. The molecule has 32 heavy (non-hydrogen) atoms. The summed E-state index contributed by atoms with van der Waals surface area (Å²) in [5, 5.41) is 12.7.